The lowest BCUT2D eigenvalue weighted by atomic mass is 9.84. The lowest BCUT2D eigenvalue weighted by molar-refractivity contribution is -0.145. The third-order valence-corrected chi connectivity index (χ3v) is 6.89. The quantitative estimate of drug-likeness (QED) is 0.679. The van der Waals surface area contributed by atoms with Crippen LogP contribution in [0.3, 0.4) is 0 Å². The van der Waals surface area contributed by atoms with E-state index in [2.05, 4.69) is 55.5 Å². The Morgan fingerprint density at radius 2 is 1.80 bits per heavy atom. The summed E-state index contributed by atoms with van der Waals surface area (Å²) in [6, 6.07) is 9.24. The van der Waals surface area contributed by atoms with Crippen LogP contribution in [0.1, 0.15) is 83.3 Å². The first kappa shape index (κ1) is 21.6. The minimum absolute atomic E-state index is 0.160. The van der Waals surface area contributed by atoms with Crippen LogP contribution < -0.4 is 5.32 Å². The first-order valence-corrected chi connectivity index (χ1v) is 11.8. The Morgan fingerprint density at radius 1 is 1.13 bits per heavy atom. The number of oxime groups is 1. The molecule has 1 aromatic carbocycles. The number of hydroxylamine groups is 2. The lowest BCUT2D eigenvalue weighted by Crippen LogP contribution is -2.47. The second kappa shape index (κ2) is 8.83. The fraction of sp³-hybridized carbons (Fsp3) is 0.667. The summed E-state index contributed by atoms with van der Waals surface area (Å²) in [4.78, 5) is 11.9. The molecule has 2 heterocycles. The van der Waals surface area contributed by atoms with Crippen molar-refractivity contribution in [1.29, 1.82) is 0 Å². The molecule has 0 aromatic heterocycles. The van der Waals surface area contributed by atoms with Crippen LogP contribution in [0.15, 0.2) is 29.4 Å². The molecule has 5 nitrogen and oxygen atoms in total. The third-order valence-electron chi connectivity index (χ3n) is 6.70. The predicted octanol–water partition coefficient (Wildman–Crippen LogP) is 5.08. The summed E-state index contributed by atoms with van der Waals surface area (Å²) in [6.45, 7) is 8.31. The molecule has 4 rings (SSSR count). The average Bonchev–Trinajstić information content (AvgIpc) is 3.14. The molecular formula is C24H35N3O2S. The highest BCUT2D eigenvalue weighted by molar-refractivity contribution is 7.80. The average molecular weight is 430 g/mol. The summed E-state index contributed by atoms with van der Waals surface area (Å²) < 4.78 is 0. The number of piperidine rings is 1. The maximum absolute atomic E-state index is 5.98. The lowest BCUT2D eigenvalue weighted by Gasteiger charge is -2.36. The Hall–Kier alpha value is -1.66. The molecule has 0 atom stereocenters. The molecule has 2 fully saturated rings. The van der Waals surface area contributed by atoms with E-state index in [4.69, 9.17) is 21.9 Å². The maximum Gasteiger partial charge on any atom is 0.278 e. The number of hydrogen-bond donors (Lipinski definition) is 1. The summed E-state index contributed by atoms with van der Waals surface area (Å²) in [5.41, 5.74) is 3.52. The van der Waals surface area contributed by atoms with Crippen LogP contribution in [-0.2, 0) is 15.1 Å². The summed E-state index contributed by atoms with van der Waals surface area (Å²) in [6.07, 6.45) is 8.94. The first-order chi connectivity index (χ1) is 14.3. The van der Waals surface area contributed by atoms with Crippen LogP contribution in [0, 0.1) is 0 Å². The largest absolute Gasteiger partial charge is 0.388 e. The molecule has 0 radical (unpaired) electrons. The number of rotatable bonds is 3. The highest BCUT2D eigenvalue weighted by Crippen LogP contribution is 2.36. The molecule has 2 aliphatic heterocycles. The van der Waals surface area contributed by atoms with E-state index in [0.29, 0.717) is 11.2 Å². The van der Waals surface area contributed by atoms with Crippen molar-refractivity contribution in [1.82, 2.24) is 10.4 Å². The smallest absolute Gasteiger partial charge is 0.278 e. The molecule has 1 spiro atoms. The van der Waals surface area contributed by atoms with E-state index < -0.39 is 0 Å². The Balaban J connectivity index is 1.25. The van der Waals surface area contributed by atoms with E-state index in [-0.39, 0.29) is 11.0 Å². The van der Waals surface area contributed by atoms with Gasteiger partial charge in [-0.05, 0) is 41.6 Å². The van der Waals surface area contributed by atoms with Gasteiger partial charge in [0, 0.05) is 38.4 Å². The van der Waals surface area contributed by atoms with Crippen molar-refractivity contribution in [3.8, 4) is 0 Å². The molecule has 30 heavy (non-hydrogen) atoms. The van der Waals surface area contributed by atoms with Gasteiger partial charge in [-0.25, -0.2) is 0 Å². The van der Waals surface area contributed by atoms with Crippen LogP contribution in [-0.4, -0.2) is 40.7 Å². The van der Waals surface area contributed by atoms with Gasteiger partial charge in [0.25, 0.3) is 5.17 Å². The fourth-order valence-corrected chi connectivity index (χ4v) is 4.92. The number of thiocarbonyl (C=S) groups is 1. The molecule has 0 bridgehead atoms. The molecule has 164 valence electrons. The van der Waals surface area contributed by atoms with Gasteiger partial charge in [-0.3, -0.25) is 0 Å². The van der Waals surface area contributed by atoms with E-state index in [1.807, 2.05) is 5.06 Å². The summed E-state index contributed by atoms with van der Waals surface area (Å²) in [5, 5.41) is 10.3. The van der Waals surface area contributed by atoms with Gasteiger partial charge in [0.15, 0.2) is 0 Å². The van der Waals surface area contributed by atoms with E-state index in [1.54, 1.807) is 0 Å². The van der Waals surface area contributed by atoms with E-state index in [0.717, 1.165) is 43.6 Å². The molecule has 1 saturated carbocycles. The Labute approximate surface area is 186 Å². The Morgan fingerprint density at radius 3 is 2.43 bits per heavy atom. The molecule has 1 aliphatic carbocycles. The van der Waals surface area contributed by atoms with Crippen LogP contribution in [0.25, 0.3) is 0 Å². The molecule has 0 amide bonds. The van der Waals surface area contributed by atoms with Crippen molar-refractivity contribution in [3.63, 3.8) is 0 Å². The van der Waals surface area contributed by atoms with Gasteiger partial charge in [-0.1, -0.05) is 69.5 Å². The van der Waals surface area contributed by atoms with Gasteiger partial charge in [-0.2, -0.15) is 0 Å². The van der Waals surface area contributed by atoms with E-state index in [9.17, 15) is 0 Å². The minimum atomic E-state index is -0.198. The van der Waals surface area contributed by atoms with Gasteiger partial charge in [0.2, 0.25) is 0 Å². The summed E-state index contributed by atoms with van der Waals surface area (Å²) >= 11 is 5.43. The highest BCUT2D eigenvalue weighted by atomic mass is 32.1. The molecule has 0 unspecified atom stereocenters. The van der Waals surface area contributed by atoms with Crippen LogP contribution >= 0.6 is 12.2 Å². The van der Waals surface area contributed by atoms with E-state index >= 15 is 0 Å². The topological polar surface area (TPSA) is 46.1 Å². The minimum Gasteiger partial charge on any atom is -0.388 e. The molecule has 1 N–H and O–H groups in total. The third kappa shape index (κ3) is 5.14. The zero-order valence-electron chi connectivity index (χ0n) is 18.6. The van der Waals surface area contributed by atoms with Crippen LogP contribution in [0.5, 0.6) is 0 Å². The summed E-state index contributed by atoms with van der Waals surface area (Å²) in [7, 11) is 0. The second-order valence-electron chi connectivity index (χ2n) is 10.1. The van der Waals surface area contributed by atoms with Gasteiger partial charge in [-0.15, -0.1) is 5.06 Å². The molecule has 1 saturated heterocycles. The Kier molecular flexibility index (Phi) is 6.35. The number of benzene rings is 1. The van der Waals surface area contributed by atoms with Gasteiger partial charge in [0.05, 0.1) is 5.71 Å². The molecule has 6 heteroatoms. The molecule has 1 aromatic rings. The number of nitrogens with one attached hydrogen (secondary N) is 1. The highest BCUT2D eigenvalue weighted by Gasteiger charge is 2.43. The van der Waals surface area contributed by atoms with Crippen molar-refractivity contribution in [3.05, 3.63) is 35.4 Å². The number of hydrogen-bond acceptors (Lipinski definition) is 5. The number of nitrogens with zero attached hydrogens (tertiary/aromatic N) is 2. The van der Waals surface area contributed by atoms with Crippen LogP contribution in [0.2, 0.25) is 0 Å². The second-order valence-corrected chi connectivity index (χ2v) is 10.5. The monoisotopic (exact) mass is 429 g/mol. The fourth-order valence-electron chi connectivity index (χ4n) is 4.65. The zero-order valence-corrected chi connectivity index (χ0v) is 19.4. The van der Waals surface area contributed by atoms with Crippen LogP contribution in [0.4, 0.5) is 0 Å². The normalized spacial score (nSPS) is 22.4. The standard InChI is InChI=1S/C24H35N3O2S/c1-23(2,3)19-11-9-18(10-12-19)21-17-24(29-26-21)13-15-27(16-14-24)28-22(30)25-20-7-5-4-6-8-20/h9-12,20H,4-8,13-17H2,1-3H3,(H,25,30). The van der Waals surface area contributed by atoms with Gasteiger partial charge >= 0.3 is 0 Å². The SMILES string of the molecule is CC(C)(C)c1ccc(C2=NOC3(CCN(OC(=S)NC4CCCCC4)CC3)C2)cc1. The Bertz CT molecular complexity index is 771. The van der Waals surface area contributed by atoms with Crippen molar-refractivity contribution in [2.45, 2.75) is 89.2 Å². The van der Waals surface area contributed by atoms with Crippen molar-refractivity contribution >= 4 is 23.1 Å². The zero-order chi connectivity index (χ0) is 21.2. The maximum atomic E-state index is 5.98. The molecular weight excluding hydrogens is 394 g/mol. The van der Waals surface area contributed by atoms with Crippen molar-refractivity contribution < 1.29 is 9.68 Å². The molecule has 3 aliphatic rings. The van der Waals surface area contributed by atoms with E-state index in [1.165, 1.54) is 37.7 Å². The van der Waals surface area contributed by atoms with Gasteiger partial charge in [0.1, 0.15) is 5.60 Å². The van der Waals surface area contributed by atoms with Crippen molar-refractivity contribution in [2.75, 3.05) is 13.1 Å². The predicted molar refractivity (Wildman–Crippen MR) is 125 cm³/mol. The van der Waals surface area contributed by atoms with Crippen molar-refractivity contribution in [2.24, 2.45) is 5.16 Å². The first-order valence-electron chi connectivity index (χ1n) is 11.4. The van der Waals surface area contributed by atoms with Gasteiger partial charge < -0.3 is 15.0 Å². The summed E-state index contributed by atoms with van der Waals surface area (Å²) in [5.74, 6) is 0.